The van der Waals surface area contributed by atoms with Crippen LogP contribution in [0.3, 0.4) is 0 Å². The molecule has 86 valence electrons. The van der Waals surface area contributed by atoms with Gasteiger partial charge in [-0.05, 0) is 12.1 Å². The summed E-state index contributed by atoms with van der Waals surface area (Å²) in [5.74, 6) is 0. The van der Waals surface area contributed by atoms with E-state index in [9.17, 15) is 4.79 Å². The van der Waals surface area contributed by atoms with E-state index in [-0.39, 0.29) is 0 Å². The van der Waals surface area contributed by atoms with Crippen LogP contribution >= 0.6 is 0 Å². The second-order valence-corrected chi connectivity index (χ2v) is 4.10. The minimum absolute atomic E-state index is 0.680. The summed E-state index contributed by atoms with van der Waals surface area (Å²) in [5, 5.41) is 0.896. The normalized spacial score (nSPS) is 10.4. The van der Waals surface area contributed by atoms with Gasteiger partial charge in [0.25, 0.3) is 0 Å². The lowest BCUT2D eigenvalue weighted by Gasteiger charge is -2.05. The largest absolute Gasteiger partial charge is 0.298 e. The van der Waals surface area contributed by atoms with Crippen LogP contribution in [0.25, 0.3) is 22.2 Å². The molecule has 0 unspecified atom stereocenters. The van der Waals surface area contributed by atoms with Crippen molar-refractivity contribution in [3.63, 3.8) is 0 Å². The van der Waals surface area contributed by atoms with Gasteiger partial charge in [-0.15, -0.1) is 0 Å². The molecule has 0 saturated heterocycles. The Morgan fingerprint density at radius 1 is 0.889 bits per heavy atom. The van der Waals surface area contributed by atoms with Crippen molar-refractivity contribution in [2.24, 2.45) is 0 Å². The van der Waals surface area contributed by atoms with Gasteiger partial charge in [0.15, 0.2) is 6.29 Å². The van der Waals surface area contributed by atoms with Crippen molar-refractivity contribution in [3.05, 3.63) is 66.2 Å². The number of hydrogen-bond donors (Lipinski definition) is 0. The number of nitrogens with zero attached hydrogens (tertiary/aromatic N) is 1. The van der Waals surface area contributed by atoms with Crippen LogP contribution in [-0.2, 0) is 0 Å². The van der Waals surface area contributed by atoms with Crippen LogP contribution < -0.4 is 0 Å². The van der Waals surface area contributed by atoms with Gasteiger partial charge in [-0.25, -0.2) is 4.98 Å². The maximum Gasteiger partial charge on any atom is 0.150 e. The summed E-state index contributed by atoms with van der Waals surface area (Å²) >= 11 is 0. The van der Waals surface area contributed by atoms with Gasteiger partial charge in [0.05, 0.1) is 11.2 Å². The quantitative estimate of drug-likeness (QED) is 0.631. The number of pyridine rings is 1. The summed E-state index contributed by atoms with van der Waals surface area (Å²) in [6.45, 7) is 0. The number of aromatic nitrogens is 1. The van der Waals surface area contributed by atoms with E-state index in [1.165, 1.54) is 0 Å². The average molecular weight is 233 g/mol. The summed E-state index contributed by atoms with van der Waals surface area (Å²) in [7, 11) is 0. The summed E-state index contributed by atoms with van der Waals surface area (Å²) in [6, 6.07) is 19.4. The fraction of sp³-hybridized carbons (Fsp3) is 0. The van der Waals surface area contributed by atoms with Crippen molar-refractivity contribution >= 4 is 17.2 Å². The van der Waals surface area contributed by atoms with Gasteiger partial charge in [0.1, 0.15) is 0 Å². The third-order valence-corrected chi connectivity index (χ3v) is 2.94. The lowest BCUT2D eigenvalue weighted by Crippen LogP contribution is -1.90. The van der Waals surface area contributed by atoms with E-state index in [0.717, 1.165) is 28.4 Å². The van der Waals surface area contributed by atoms with E-state index < -0.39 is 0 Å². The van der Waals surface area contributed by atoms with Crippen molar-refractivity contribution in [2.75, 3.05) is 0 Å². The molecular weight excluding hydrogens is 222 g/mol. The Labute approximate surface area is 105 Å². The van der Waals surface area contributed by atoms with Crippen LogP contribution in [0.1, 0.15) is 10.4 Å². The molecule has 2 nitrogen and oxygen atoms in total. The van der Waals surface area contributed by atoms with Gasteiger partial charge in [-0.2, -0.15) is 0 Å². The number of carbonyl (C=O) groups is 1. The topological polar surface area (TPSA) is 30.0 Å². The zero-order valence-corrected chi connectivity index (χ0v) is 9.71. The first-order chi connectivity index (χ1) is 8.88. The number of fused-ring (bicyclic) bond motifs is 1. The Morgan fingerprint density at radius 2 is 1.61 bits per heavy atom. The van der Waals surface area contributed by atoms with E-state index >= 15 is 0 Å². The van der Waals surface area contributed by atoms with Crippen LogP contribution in [-0.4, -0.2) is 11.3 Å². The molecular formula is C16H11NO. The molecule has 0 radical (unpaired) electrons. The van der Waals surface area contributed by atoms with E-state index in [1.54, 1.807) is 0 Å². The third-order valence-electron chi connectivity index (χ3n) is 2.94. The van der Waals surface area contributed by atoms with Gasteiger partial charge >= 0.3 is 0 Å². The number of hydrogen-bond acceptors (Lipinski definition) is 2. The Kier molecular flexibility index (Phi) is 2.61. The smallest absolute Gasteiger partial charge is 0.150 e. The minimum atomic E-state index is 0.680. The number of carbonyl (C=O) groups excluding carboxylic acids is 1. The first-order valence-corrected chi connectivity index (χ1v) is 5.79. The Hall–Kier alpha value is -2.48. The lowest BCUT2D eigenvalue weighted by atomic mass is 10.1. The number of benzene rings is 2. The van der Waals surface area contributed by atoms with Crippen LogP contribution in [0.2, 0.25) is 0 Å². The molecule has 2 aromatic carbocycles. The van der Waals surface area contributed by atoms with Crippen LogP contribution in [0.5, 0.6) is 0 Å². The molecule has 1 aromatic heterocycles. The van der Waals surface area contributed by atoms with E-state index in [1.807, 2.05) is 60.7 Å². The maximum absolute atomic E-state index is 11.2. The first-order valence-electron chi connectivity index (χ1n) is 5.79. The highest BCUT2D eigenvalue weighted by molar-refractivity contribution is 5.98. The number of aldehydes is 1. The number of rotatable bonds is 2. The molecule has 18 heavy (non-hydrogen) atoms. The molecule has 0 fully saturated rings. The number of para-hydroxylation sites is 1. The SMILES string of the molecule is O=Cc1cc(-c2ccccc2)nc2ccccc12. The van der Waals surface area contributed by atoms with Crippen molar-refractivity contribution < 1.29 is 4.79 Å². The zero-order chi connectivity index (χ0) is 12.4. The monoisotopic (exact) mass is 233 g/mol. The van der Waals surface area contributed by atoms with E-state index in [4.69, 9.17) is 0 Å². The van der Waals surface area contributed by atoms with Gasteiger partial charge in [0.2, 0.25) is 0 Å². The van der Waals surface area contributed by atoms with Gasteiger partial charge in [-0.3, -0.25) is 4.79 Å². The molecule has 0 bridgehead atoms. The van der Waals surface area contributed by atoms with Gasteiger partial charge in [-0.1, -0.05) is 48.5 Å². The fourth-order valence-corrected chi connectivity index (χ4v) is 2.06. The van der Waals surface area contributed by atoms with Crippen molar-refractivity contribution in [1.29, 1.82) is 0 Å². The average Bonchev–Trinajstić information content (AvgIpc) is 2.47. The highest BCUT2D eigenvalue weighted by Gasteiger charge is 2.05. The summed E-state index contributed by atoms with van der Waals surface area (Å²) in [5.41, 5.74) is 3.38. The third kappa shape index (κ3) is 1.78. The van der Waals surface area contributed by atoms with Crippen molar-refractivity contribution in [1.82, 2.24) is 4.98 Å². The second-order valence-electron chi connectivity index (χ2n) is 4.10. The molecule has 0 aliphatic heterocycles. The molecule has 2 heteroatoms. The Balaban J connectivity index is 2.29. The zero-order valence-electron chi connectivity index (χ0n) is 9.71. The molecule has 0 aliphatic rings. The summed E-state index contributed by atoms with van der Waals surface area (Å²) < 4.78 is 0. The molecule has 0 aliphatic carbocycles. The highest BCUT2D eigenvalue weighted by atomic mass is 16.1. The summed E-state index contributed by atoms with van der Waals surface area (Å²) in [6.07, 6.45) is 0.885. The van der Waals surface area contributed by atoms with Crippen molar-refractivity contribution in [3.8, 4) is 11.3 Å². The van der Waals surface area contributed by atoms with E-state index in [2.05, 4.69) is 4.98 Å². The molecule has 0 spiro atoms. The molecule has 3 aromatic rings. The van der Waals surface area contributed by atoms with E-state index in [0.29, 0.717) is 5.56 Å². The van der Waals surface area contributed by atoms with Crippen LogP contribution in [0.15, 0.2) is 60.7 Å². The predicted octanol–water partition coefficient (Wildman–Crippen LogP) is 3.71. The van der Waals surface area contributed by atoms with Crippen molar-refractivity contribution in [2.45, 2.75) is 0 Å². The Bertz CT molecular complexity index is 705. The fourth-order valence-electron chi connectivity index (χ4n) is 2.06. The summed E-state index contributed by atoms with van der Waals surface area (Å²) in [4.78, 5) is 15.8. The molecule has 0 atom stereocenters. The molecule has 3 rings (SSSR count). The van der Waals surface area contributed by atoms with Crippen LogP contribution in [0, 0.1) is 0 Å². The first kappa shape index (κ1) is 10.7. The lowest BCUT2D eigenvalue weighted by molar-refractivity contribution is 0.112. The molecule has 0 amide bonds. The molecule has 0 N–H and O–H groups in total. The molecule has 0 saturated carbocycles. The van der Waals surface area contributed by atoms with Gasteiger partial charge in [0, 0.05) is 16.5 Å². The standard InChI is InChI=1S/C16H11NO/c18-11-13-10-16(12-6-2-1-3-7-12)17-15-9-5-4-8-14(13)15/h1-11H. The Morgan fingerprint density at radius 3 is 2.39 bits per heavy atom. The second kappa shape index (κ2) is 4.41. The maximum atomic E-state index is 11.2. The molecule has 1 heterocycles. The van der Waals surface area contributed by atoms with Gasteiger partial charge < -0.3 is 0 Å². The van der Waals surface area contributed by atoms with Crippen LogP contribution in [0.4, 0.5) is 0 Å². The minimum Gasteiger partial charge on any atom is -0.298 e. The predicted molar refractivity (Wildman–Crippen MR) is 72.6 cm³/mol. The highest BCUT2D eigenvalue weighted by Crippen LogP contribution is 2.23.